The summed E-state index contributed by atoms with van der Waals surface area (Å²) in [4.78, 5) is 13.5. The van der Waals surface area contributed by atoms with Crippen LogP contribution in [0.5, 0.6) is 0 Å². The summed E-state index contributed by atoms with van der Waals surface area (Å²) in [6.07, 6.45) is 0. The average molecular weight is 350 g/mol. The van der Waals surface area contributed by atoms with Gasteiger partial charge < -0.3 is 9.42 Å². The van der Waals surface area contributed by atoms with Crippen LogP contribution in [-0.4, -0.2) is 24.2 Å². The van der Waals surface area contributed by atoms with E-state index in [2.05, 4.69) is 29.5 Å². The van der Waals surface area contributed by atoms with Crippen molar-refractivity contribution in [3.63, 3.8) is 0 Å². The van der Waals surface area contributed by atoms with Gasteiger partial charge in [0.1, 0.15) is 12.2 Å². The molecule has 2 aromatic carbocycles. The van der Waals surface area contributed by atoms with E-state index in [-0.39, 0.29) is 5.91 Å². The normalized spacial score (nSPS) is 11.9. The highest BCUT2D eigenvalue weighted by atomic mass is 16.5. The Morgan fingerprint density at radius 2 is 1.85 bits per heavy atom. The SMILES string of the molecule is CC[NH+](CC(=O)Nc1cc(-c2ccc(C)cc2)no1)Cc1ccccc1. The maximum Gasteiger partial charge on any atom is 0.281 e. The highest BCUT2D eigenvalue weighted by Crippen LogP contribution is 2.21. The Balaban J connectivity index is 1.58. The maximum atomic E-state index is 12.3. The fourth-order valence-corrected chi connectivity index (χ4v) is 2.80. The van der Waals surface area contributed by atoms with E-state index in [4.69, 9.17) is 4.52 Å². The third-order valence-corrected chi connectivity index (χ3v) is 4.33. The summed E-state index contributed by atoms with van der Waals surface area (Å²) in [5.74, 6) is 0.296. The van der Waals surface area contributed by atoms with Gasteiger partial charge in [0.25, 0.3) is 5.91 Å². The summed E-state index contributed by atoms with van der Waals surface area (Å²) in [5.41, 5.74) is 4.08. The molecule has 1 heterocycles. The van der Waals surface area contributed by atoms with Crippen LogP contribution in [0, 0.1) is 6.92 Å². The molecule has 134 valence electrons. The summed E-state index contributed by atoms with van der Waals surface area (Å²) in [5, 5.41) is 6.84. The standard InChI is InChI=1S/C21H23N3O2/c1-3-24(14-17-7-5-4-6-8-17)15-20(25)22-21-13-19(23-26-21)18-11-9-16(2)10-12-18/h4-13H,3,14-15H2,1-2H3,(H,22,25)/p+1. The van der Waals surface area contributed by atoms with Crippen LogP contribution in [0.1, 0.15) is 18.1 Å². The van der Waals surface area contributed by atoms with Gasteiger partial charge in [0.15, 0.2) is 6.54 Å². The zero-order chi connectivity index (χ0) is 18.4. The first-order chi connectivity index (χ1) is 12.6. The van der Waals surface area contributed by atoms with Gasteiger partial charge in [-0.05, 0) is 13.8 Å². The molecule has 1 unspecified atom stereocenters. The van der Waals surface area contributed by atoms with Crippen LogP contribution in [0.4, 0.5) is 5.88 Å². The Kier molecular flexibility index (Phi) is 5.81. The number of nitrogens with one attached hydrogen (secondary N) is 2. The van der Waals surface area contributed by atoms with Crippen molar-refractivity contribution in [2.45, 2.75) is 20.4 Å². The number of likely N-dealkylation sites (N-methyl/N-ethyl adjacent to an activating group) is 1. The second-order valence-electron chi connectivity index (χ2n) is 6.43. The Morgan fingerprint density at radius 3 is 2.54 bits per heavy atom. The van der Waals surface area contributed by atoms with Gasteiger partial charge in [-0.2, -0.15) is 0 Å². The van der Waals surface area contributed by atoms with E-state index >= 15 is 0 Å². The smallest absolute Gasteiger partial charge is 0.281 e. The van der Waals surface area contributed by atoms with E-state index in [9.17, 15) is 4.79 Å². The lowest BCUT2D eigenvalue weighted by molar-refractivity contribution is -0.903. The first-order valence-electron chi connectivity index (χ1n) is 8.85. The largest absolute Gasteiger partial charge is 0.338 e. The van der Waals surface area contributed by atoms with Crippen molar-refractivity contribution in [2.75, 3.05) is 18.4 Å². The summed E-state index contributed by atoms with van der Waals surface area (Å²) in [6.45, 7) is 6.18. The molecule has 1 atom stereocenters. The number of quaternary nitrogens is 1. The Labute approximate surface area is 153 Å². The lowest BCUT2D eigenvalue weighted by Crippen LogP contribution is -3.11. The topological polar surface area (TPSA) is 59.6 Å². The molecule has 0 radical (unpaired) electrons. The summed E-state index contributed by atoms with van der Waals surface area (Å²) < 4.78 is 5.26. The average Bonchev–Trinajstić information content (AvgIpc) is 3.11. The van der Waals surface area contributed by atoms with Crippen molar-refractivity contribution < 1.29 is 14.2 Å². The Bertz CT molecular complexity index is 841. The van der Waals surface area contributed by atoms with Gasteiger partial charge in [-0.3, -0.25) is 10.1 Å². The lowest BCUT2D eigenvalue weighted by atomic mass is 10.1. The minimum absolute atomic E-state index is 0.0793. The molecule has 26 heavy (non-hydrogen) atoms. The van der Waals surface area contributed by atoms with Crippen molar-refractivity contribution in [3.05, 3.63) is 71.8 Å². The number of aryl methyl sites for hydroxylation is 1. The molecule has 5 heteroatoms. The Hall–Kier alpha value is -2.92. The number of nitrogens with zero attached hydrogens (tertiary/aromatic N) is 1. The summed E-state index contributed by atoms with van der Waals surface area (Å²) in [6, 6.07) is 20.0. The van der Waals surface area contributed by atoms with Gasteiger partial charge >= 0.3 is 0 Å². The molecule has 1 amide bonds. The number of carbonyl (C=O) groups excluding carboxylic acids is 1. The number of hydrogen-bond donors (Lipinski definition) is 2. The fraction of sp³-hybridized carbons (Fsp3) is 0.238. The number of aromatic nitrogens is 1. The number of amides is 1. The number of carbonyl (C=O) groups is 1. The highest BCUT2D eigenvalue weighted by Gasteiger charge is 2.15. The third kappa shape index (κ3) is 4.80. The van der Waals surface area contributed by atoms with E-state index in [1.54, 1.807) is 6.07 Å². The molecule has 0 saturated heterocycles. The molecular formula is C21H24N3O2+. The molecule has 3 rings (SSSR count). The third-order valence-electron chi connectivity index (χ3n) is 4.33. The zero-order valence-electron chi connectivity index (χ0n) is 15.2. The molecule has 1 aromatic heterocycles. The number of rotatable bonds is 7. The van der Waals surface area contributed by atoms with Gasteiger partial charge in [-0.15, -0.1) is 0 Å². The van der Waals surface area contributed by atoms with Crippen molar-refractivity contribution in [3.8, 4) is 11.3 Å². The molecule has 0 bridgehead atoms. The minimum atomic E-state index is -0.0793. The second-order valence-corrected chi connectivity index (χ2v) is 6.43. The van der Waals surface area contributed by atoms with Crippen LogP contribution in [0.2, 0.25) is 0 Å². The van der Waals surface area contributed by atoms with E-state index in [0.29, 0.717) is 18.1 Å². The van der Waals surface area contributed by atoms with Crippen LogP contribution in [0.25, 0.3) is 11.3 Å². The first-order valence-corrected chi connectivity index (χ1v) is 8.85. The van der Waals surface area contributed by atoms with Gasteiger partial charge in [0.05, 0.1) is 6.54 Å². The van der Waals surface area contributed by atoms with Crippen molar-refractivity contribution in [2.24, 2.45) is 0 Å². The first kappa shape index (κ1) is 17.9. The van der Waals surface area contributed by atoms with Gasteiger partial charge in [-0.1, -0.05) is 65.3 Å². The predicted octanol–water partition coefficient (Wildman–Crippen LogP) is 2.69. The highest BCUT2D eigenvalue weighted by molar-refractivity contribution is 5.90. The number of benzene rings is 2. The molecule has 0 spiro atoms. The van der Waals surface area contributed by atoms with Crippen LogP contribution in [0.3, 0.4) is 0 Å². The molecule has 0 aliphatic rings. The molecule has 0 aliphatic carbocycles. The van der Waals surface area contributed by atoms with Crippen molar-refractivity contribution in [1.29, 1.82) is 0 Å². The second kappa shape index (κ2) is 8.45. The molecule has 0 saturated carbocycles. The number of hydrogen-bond acceptors (Lipinski definition) is 3. The van der Waals surface area contributed by atoms with Gasteiger partial charge in [0.2, 0.25) is 5.88 Å². The Morgan fingerprint density at radius 1 is 1.12 bits per heavy atom. The summed E-state index contributed by atoms with van der Waals surface area (Å²) >= 11 is 0. The molecule has 3 aromatic rings. The quantitative estimate of drug-likeness (QED) is 0.689. The molecule has 2 N–H and O–H groups in total. The fourth-order valence-electron chi connectivity index (χ4n) is 2.80. The molecule has 0 aliphatic heterocycles. The van der Waals surface area contributed by atoms with Gasteiger partial charge in [0, 0.05) is 17.2 Å². The van der Waals surface area contributed by atoms with Crippen LogP contribution >= 0.6 is 0 Å². The lowest BCUT2D eigenvalue weighted by Gasteiger charge is -2.16. The van der Waals surface area contributed by atoms with Crippen molar-refractivity contribution in [1.82, 2.24) is 5.16 Å². The van der Waals surface area contributed by atoms with E-state index < -0.39 is 0 Å². The monoisotopic (exact) mass is 350 g/mol. The molecule has 5 nitrogen and oxygen atoms in total. The van der Waals surface area contributed by atoms with Gasteiger partial charge in [-0.25, -0.2) is 0 Å². The van der Waals surface area contributed by atoms with Crippen molar-refractivity contribution >= 4 is 11.8 Å². The molecular weight excluding hydrogens is 326 g/mol. The number of anilines is 1. The minimum Gasteiger partial charge on any atom is -0.338 e. The van der Waals surface area contributed by atoms with Crippen LogP contribution in [-0.2, 0) is 11.3 Å². The molecule has 0 fully saturated rings. The van der Waals surface area contributed by atoms with Crippen LogP contribution < -0.4 is 10.2 Å². The predicted molar refractivity (Wildman–Crippen MR) is 102 cm³/mol. The van der Waals surface area contributed by atoms with Crippen LogP contribution in [0.15, 0.2) is 65.2 Å². The van der Waals surface area contributed by atoms with E-state index in [1.807, 2.05) is 49.4 Å². The van der Waals surface area contributed by atoms with E-state index in [1.165, 1.54) is 16.0 Å². The maximum absolute atomic E-state index is 12.3. The summed E-state index contributed by atoms with van der Waals surface area (Å²) in [7, 11) is 0. The van der Waals surface area contributed by atoms with E-state index in [0.717, 1.165) is 18.7 Å². The zero-order valence-corrected chi connectivity index (χ0v) is 15.2.